The zero-order valence-corrected chi connectivity index (χ0v) is 4.08. The molecule has 1 radical (unpaired) electrons. The van der Waals surface area contributed by atoms with Crippen LogP contribution in [0.15, 0.2) is 0 Å². The summed E-state index contributed by atoms with van der Waals surface area (Å²) in [5.41, 5.74) is 0. The first-order valence-electron chi connectivity index (χ1n) is 0. The summed E-state index contributed by atoms with van der Waals surface area (Å²) >= 11 is 0. The van der Waals surface area contributed by atoms with Gasteiger partial charge >= 0.3 is 34.4 Å². The van der Waals surface area contributed by atoms with Gasteiger partial charge in [-0.05, 0) is 0 Å². The minimum Gasteiger partial charge on any atom is -0.870 e. The summed E-state index contributed by atoms with van der Waals surface area (Å²) in [7, 11) is 0. The number of rotatable bonds is 0. The zero-order valence-electron chi connectivity index (χ0n) is 1.83. The third-order valence-corrected chi connectivity index (χ3v) is 0. The fourth-order valence-corrected chi connectivity index (χ4v) is 0. The van der Waals surface area contributed by atoms with Gasteiger partial charge in [0.15, 0.2) is 0 Å². The maximum absolute atomic E-state index is 0. The Bertz CT molecular complexity index is 6.00. The Morgan fingerprint density at radius 1 is 0.750 bits per heavy atom. The molecular formula is H2AlFeO2+4. The first kappa shape index (κ1) is 83.0. The molecule has 4 heavy (non-hydrogen) atoms. The van der Waals surface area contributed by atoms with E-state index in [1.165, 1.54) is 0 Å². The van der Waals surface area contributed by atoms with Crippen molar-refractivity contribution in [3.8, 4) is 0 Å². The summed E-state index contributed by atoms with van der Waals surface area (Å²) in [4.78, 5) is 0. The van der Waals surface area contributed by atoms with Gasteiger partial charge in [-0.15, -0.1) is 0 Å². The van der Waals surface area contributed by atoms with Crippen molar-refractivity contribution < 1.29 is 28.0 Å². The molecule has 0 rings (SSSR count). The first-order valence-corrected chi connectivity index (χ1v) is 0. The van der Waals surface area contributed by atoms with Crippen LogP contribution in [0.5, 0.6) is 0 Å². The van der Waals surface area contributed by atoms with Crippen molar-refractivity contribution in [3.05, 3.63) is 0 Å². The van der Waals surface area contributed by atoms with Crippen molar-refractivity contribution >= 4 is 17.4 Å². The maximum Gasteiger partial charge on any atom is 3.00 e. The second-order valence-electron chi connectivity index (χ2n) is 0. The third kappa shape index (κ3) is 12.2. The standard InChI is InChI=1S/Al.Fe.2H2O/h;;2*1H2/q2*+3;;/p-2. The van der Waals surface area contributed by atoms with Gasteiger partial charge in [0, 0.05) is 0 Å². The first-order chi connectivity index (χ1) is 0. The van der Waals surface area contributed by atoms with Crippen molar-refractivity contribution in [1.29, 1.82) is 0 Å². The number of hydrogen-bond acceptors (Lipinski definition) is 2. The van der Waals surface area contributed by atoms with Gasteiger partial charge in [-0.25, -0.2) is 0 Å². The predicted octanol–water partition coefficient (Wildman–Crippen LogP) is -0.737. The second-order valence-corrected chi connectivity index (χ2v) is 0. The van der Waals surface area contributed by atoms with Crippen LogP contribution in [0.2, 0.25) is 0 Å². The van der Waals surface area contributed by atoms with E-state index in [0.717, 1.165) is 0 Å². The zero-order chi connectivity index (χ0) is 0. The Morgan fingerprint density at radius 2 is 0.750 bits per heavy atom. The average Bonchev–Trinajstić information content (AvgIpc) is 0. The van der Waals surface area contributed by atoms with Crippen molar-refractivity contribution in [2.24, 2.45) is 0 Å². The van der Waals surface area contributed by atoms with Crippen molar-refractivity contribution in [1.82, 2.24) is 0 Å². The van der Waals surface area contributed by atoms with Crippen LogP contribution in [0.1, 0.15) is 0 Å². The van der Waals surface area contributed by atoms with Crippen LogP contribution < -0.4 is 0 Å². The number of hydrogen-bond donors (Lipinski definition) is 0. The summed E-state index contributed by atoms with van der Waals surface area (Å²) in [5.74, 6) is 0. The van der Waals surface area contributed by atoms with Gasteiger partial charge in [0.25, 0.3) is 0 Å². The Kier molecular flexibility index (Phi) is 771. The van der Waals surface area contributed by atoms with Crippen LogP contribution in [0.25, 0.3) is 0 Å². The molecule has 0 aliphatic rings. The largest absolute Gasteiger partial charge is 3.00 e. The van der Waals surface area contributed by atoms with E-state index in [4.69, 9.17) is 0 Å². The molecule has 0 saturated heterocycles. The van der Waals surface area contributed by atoms with E-state index in [2.05, 4.69) is 0 Å². The molecule has 0 heterocycles. The van der Waals surface area contributed by atoms with E-state index in [1.54, 1.807) is 0 Å². The molecule has 0 fully saturated rings. The van der Waals surface area contributed by atoms with E-state index in [1.807, 2.05) is 0 Å². The quantitative estimate of drug-likeness (QED) is 0.392. The smallest absolute Gasteiger partial charge is 0.870 e. The fourth-order valence-electron chi connectivity index (χ4n) is 0. The molecule has 2 nitrogen and oxygen atoms in total. The average molecular weight is 117 g/mol. The van der Waals surface area contributed by atoms with Gasteiger partial charge in [-0.3, -0.25) is 0 Å². The van der Waals surface area contributed by atoms with Gasteiger partial charge in [0.1, 0.15) is 0 Å². The molecular weight excluding hydrogens is 115 g/mol. The van der Waals surface area contributed by atoms with Crippen LogP contribution in [0.4, 0.5) is 0 Å². The molecule has 0 aromatic carbocycles. The summed E-state index contributed by atoms with van der Waals surface area (Å²) in [6, 6.07) is 0. The van der Waals surface area contributed by atoms with Gasteiger partial charge in [-0.2, -0.15) is 0 Å². The second kappa shape index (κ2) is 37.1. The Balaban J connectivity index is 0. The SMILES string of the molecule is [Al+3].[Fe+3].[OH-].[OH-]. The molecule has 0 atom stereocenters. The van der Waals surface area contributed by atoms with Gasteiger partial charge in [0.05, 0.1) is 0 Å². The summed E-state index contributed by atoms with van der Waals surface area (Å²) in [6.07, 6.45) is 0. The van der Waals surface area contributed by atoms with Crippen LogP contribution in [0.3, 0.4) is 0 Å². The van der Waals surface area contributed by atoms with Crippen molar-refractivity contribution in [2.45, 2.75) is 0 Å². The molecule has 0 aliphatic heterocycles. The monoisotopic (exact) mass is 117 g/mol. The third-order valence-electron chi connectivity index (χ3n) is 0. The van der Waals surface area contributed by atoms with Crippen LogP contribution in [-0.4, -0.2) is 28.3 Å². The van der Waals surface area contributed by atoms with Crippen molar-refractivity contribution in [3.63, 3.8) is 0 Å². The predicted molar refractivity (Wildman–Crippen MR) is 9.63 cm³/mol. The molecule has 0 saturated carbocycles. The van der Waals surface area contributed by atoms with E-state index >= 15 is 0 Å². The molecule has 4 heteroatoms. The fraction of sp³-hybridized carbons (Fsp3) is 0. The molecule has 0 aliphatic carbocycles. The molecule has 2 N–H and O–H groups in total. The molecule has 21 valence electrons. The summed E-state index contributed by atoms with van der Waals surface area (Å²) < 4.78 is 0. The van der Waals surface area contributed by atoms with Crippen LogP contribution in [0, 0.1) is 0 Å². The molecule has 0 spiro atoms. The van der Waals surface area contributed by atoms with E-state index in [0.29, 0.717) is 0 Å². The molecule has 0 aromatic heterocycles. The van der Waals surface area contributed by atoms with Gasteiger partial charge in [-0.1, -0.05) is 0 Å². The van der Waals surface area contributed by atoms with Crippen molar-refractivity contribution in [2.75, 3.05) is 0 Å². The van der Waals surface area contributed by atoms with Crippen LogP contribution >= 0.6 is 0 Å². The Labute approximate surface area is 45.8 Å². The topological polar surface area (TPSA) is 60.0 Å². The molecule has 0 bridgehead atoms. The maximum atomic E-state index is 0. The van der Waals surface area contributed by atoms with Crippen LogP contribution in [-0.2, 0) is 17.1 Å². The Morgan fingerprint density at radius 3 is 0.750 bits per heavy atom. The minimum absolute atomic E-state index is 0. The molecule has 0 aromatic rings. The van der Waals surface area contributed by atoms with E-state index < -0.39 is 0 Å². The van der Waals surface area contributed by atoms with E-state index in [-0.39, 0.29) is 45.4 Å². The van der Waals surface area contributed by atoms with E-state index in [9.17, 15) is 0 Å². The minimum atomic E-state index is 0. The van der Waals surface area contributed by atoms with Gasteiger partial charge < -0.3 is 11.0 Å². The van der Waals surface area contributed by atoms with Gasteiger partial charge in [0.2, 0.25) is 0 Å². The molecule has 0 amide bonds. The molecule has 0 unspecified atom stereocenters. The Hall–Kier alpha value is 0.972. The summed E-state index contributed by atoms with van der Waals surface area (Å²) in [5, 5.41) is 0. The normalized spacial score (nSPS) is 0. The summed E-state index contributed by atoms with van der Waals surface area (Å²) in [6.45, 7) is 0.